The Morgan fingerprint density at radius 1 is 1.00 bits per heavy atom. The van der Waals surface area contributed by atoms with Crippen LogP contribution < -0.4 is 10.1 Å². The molecule has 1 amide bonds. The van der Waals surface area contributed by atoms with Gasteiger partial charge in [-0.1, -0.05) is 42.5 Å². The number of rotatable bonds is 8. The highest BCUT2D eigenvalue weighted by Crippen LogP contribution is 2.34. The van der Waals surface area contributed by atoms with E-state index in [2.05, 4.69) is 54.7 Å². The van der Waals surface area contributed by atoms with Gasteiger partial charge in [-0.25, -0.2) is 4.79 Å². The van der Waals surface area contributed by atoms with Crippen molar-refractivity contribution >= 4 is 6.09 Å². The number of hydrogen-bond acceptors (Lipinski definition) is 5. The molecule has 6 nitrogen and oxygen atoms in total. The second kappa shape index (κ2) is 11.7. The van der Waals surface area contributed by atoms with Crippen LogP contribution in [0.3, 0.4) is 0 Å². The fraction of sp³-hybridized carbons (Fsp3) is 0.536. The molecule has 2 aromatic carbocycles. The first-order valence-electron chi connectivity index (χ1n) is 12.5. The van der Waals surface area contributed by atoms with Gasteiger partial charge in [0.25, 0.3) is 0 Å². The molecule has 1 N–H and O–H groups in total. The van der Waals surface area contributed by atoms with E-state index in [9.17, 15) is 4.79 Å². The topological polar surface area (TPSA) is 60.0 Å². The largest absolute Gasteiger partial charge is 0.497 e. The van der Waals surface area contributed by atoms with Crippen molar-refractivity contribution in [3.8, 4) is 5.75 Å². The summed E-state index contributed by atoms with van der Waals surface area (Å²) >= 11 is 0. The van der Waals surface area contributed by atoms with Gasteiger partial charge in [0.05, 0.1) is 33.0 Å². The first-order valence-corrected chi connectivity index (χ1v) is 12.5. The van der Waals surface area contributed by atoms with E-state index in [1.54, 1.807) is 7.11 Å². The molecule has 6 heteroatoms. The molecule has 3 atom stereocenters. The zero-order chi connectivity index (χ0) is 23.9. The van der Waals surface area contributed by atoms with Crippen molar-refractivity contribution in [3.05, 3.63) is 65.7 Å². The highest BCUT2D eigenvalue weighted by molar-refractivity contribution is 5.69. The molecule has 0 bridgehead atoms. The highest BCUT2D eigenvalue weighted by atomic mass is 16.5. The second-order valence-corrected chi connectivity index (χ2v) is 9.58. The Morgan fingerprint density at radius 2 is 1.71 bits per heavy atom. The van der Waals surface area contributed by atoms with Crippen LogP contribution in [0, 0.1) is 0 Å². The molecule has 1 heterocycles. The summed E-state index contributed by atoms with van der Waals surface area (Å²) in [6.07, 6.45) is 5.26. The zero-order valence-corrected chi connectivity index (χ0v) is 20.6. The molecule has 2 aromatic rings. The van der Waals surface area contributed by atoms with Crippen molar-refractivity contribution in [2.24, 2.45) is 0 Å². The van der Waals surface area contributed by atoms with Crippen molar-refractivity contribution in [3.63, 3.8) is 0 Å². The zero-order valence-electron chi connectivity index (χ0n) is 20.6. The van der Waals surface area contributed by atoms with Crippen molar-refractivity contribution in [1.82, 2.24) is 10.2 Å². The van der Waals surface area contributed by atoms with Gasteiger partial charge >= 0.3 is 6.09 Å². The van der Waals surface area contributed by atoms with Crippen LogP contribution in [-0.4, -0.2) is 56.0 Å². The second-order valence-electron chi connectivity index (χ2n) is 9.58. The number of carbonyl (C=O) groups excluding carboxylic acids is 1. The first kappa shape index (κ1) is 24.6. The Hall–Kier alpha value is -2.57. The molecule has 184 valence electrons. The molecule has 0 spiro atoms. The Bertz CT molecular complexity index is 896. The summed E-state index contributed by atoms with van der Waals surface area (Å²) in [7, 11) is 3.13. The quantitative estimate of drug-likeness (QED) is 0.585. The minimum absolute atomic E-state index is 0.0486. The van der Waals surface area contributed by atoms with Gasteiger partial charge in [-0.15, -0.1) is 0 Å². The number of nitrogens with one attached hydrogen (secondary N) is 1. The minimum atomic E-state index is -0.275. The van der Waals surface area contributed by atoms with Crippen LogP contribution in [0.15, 0.2) is 54.6 Å². The Labute approximate surface area is 203 Å². The van der Waals surface area contributed by atoms with Gasteiger partial charge in [0.15, 0.2) is 0 Å². The molecular formula is C28H38N2O4. The van der Waals surface area contributed by atoms with Crippen LogP contribution in [0.2, 0.25) is 0 Å². The molecule has 1 saturated carbocycles. The summed E-state index contributed by atoms with van der Waals surface area (Å²) < 4.78 is 16.8. The van der Waals surface area contributed by atoms with Crippen LogP contribution in [0.1, 0.15) is 56.1 Å². The molecule has 1 saturated heterocycles. The molecule has 0 radical (unpaired) electrons. The summed E-state index contributed by atoms with van der Waals surface area (Å²) in [4.78, 5) is 14.4. The third-order valence-corrected chi connectivity index (χ3v) is 7.45. The summed E-state index contributed by atoms with van der Waals surface area (Å²) in [6.45, 7) is 3.35. The van der Waals surface area contributed by atoms with Crippen LogP contribution in [-0.2, 0) is 16.0 Å². The number of hydrogen-bond donors (Lipinski definition) is 1. The van der Waals surface area contributed by atoms with Crippen molar-refractivity contribution in [2.75, 3.05) is 20.8 Å². The predicted octanol–water partition coefficient (Wildman–Crippen LogP) is 5.13. The lowest BCUT2D eigenvalue weighted by atomic mass is 9.83. The summed E-state index contributed by atoms with van der Waals surface area (Å²) in [5.41, 5.74) is 2.62. The maximum absolute atomic E-state index is 12.6. The number of benzene rings is 2. The molecular weight excluding hydrogens is 428 g/mol. The Morgan fingerprint density at radius 3 is 2.35 bits per heavy atom. The minimum Gasteiger partial charge on any atom is -0.497 e. The standard InChI is InChI=1S/C28H38N2O4/c1-20-17-26(29-18-21-9-13-24(32-2)14-10-21)27(30(20)28(31)33-3)19-34-25-15-11-23(12-16-25)22-7-5-4-6-8-22/h4-10,13-14,20,23,25-27,29H,11-12,15-19H2,1-3H3/t20-,23-,25+,26+,27?/m1/s1. The van der Waals surface area contributed by atoms with E-state index >= 15 is 0 Å². The lowest BCUT2D eigenvalue weighted by molar-refractivity contribution is -0.00969. The fourth-order valence-corrected chi connectivity index (χ4v) is 5.51. The van der Waals surface area contributed by atoms with E-state index in [-0.39, 0.29) is 30.3 Å². The maximum atomic E-state index is 12.6. The van der Waals surface area contributed by atoms with Gasteiger partial charge in [-0.3, -0.25) is 4.90 Å². The van der Waals surface area contributed by atoms with Gasteiger partial charge in [-0.05, 0) is 68.2 Å². The van der Waals surface area contributed by atoms with E-state index in [0.717, 1.165) is 44.4 Å². The van der Waals surface area contributed by atoms with Gasteiger partial charge in [0.2, 0.25) is 0 Å². The first-order chi connectivity index (χ1) is 16.6. The number of carbonyl (C=O) groups is 1. The summed E-state index contributed by atoms with van der Waals surface area (Å²) in [6, 6.07) is 19.1. The van der Waals surface area contributed by atoms with Crippen LogP contribution >= 0.6 is 0 Å². The maximum Gasteiger partial charge on any atom is 0.410 e. The predicted molar refractivity (Wildman–Crippen MR) is 133 cm³/mol. The number of methoxy groups -OCH3 is 2. The average molecular weight is 467 g/mol. The van der Waals surface area contributed by atoms with Crippen molar-refractivity contribution in [2.45, 2.75) is 75.7 Å². The number of likely N-dealkylation sites (tertiary alicyclic amines) is 1. The van der Waals surface area contributed by atoms with E-state index in [1.165, 1.54) is 18.2 Å². The van der Waals surface area contributed by atoms with Gasteiger partial charge in [0.1, 0.15) is 5.75 Å². The monoisotopic (exact) mass is 466 g/mol. The molecule has 1 unspecified atom stereocenters. The Kier molecular flexibility index (Phi) is 8.46. The highest BCUT2D eigenvalue weighted by Gasteiger charge is 2.42. The lowest BCUT2D eigenvalue weighted by Crippen LogP contribution is -2.49. The molecule has 1 aliphatic carbocycles. The van der Waals surface area contributed by atoms with Crippen molar-refractivity contribution < 1.29 is 19.0 Å². The number of amides is 1. The fourth-order valence-electron chi connectivity index (χ4n) is 5.51. The molecule has 2 aliphatic rings. The van der Waals surface area contributed by atoms with E-state index in [4.69, 9.17) is 14.2 Å². The van der Waals surface area contributed by atoms with E-state index < -0.39 is 0 Å². The van der Waals surface area contributed by atoms with Crippen LogP contribution in [0.4, 0.5) is 4.79 Å². The SMILES string of the molecule is COC(=O)N1C(CO[C@H]2CC[C@@H](c3ccccc3)CC2)[C@@H](NCc2ccc(OC)cc2)C[C@H]1C. The van der Waals surface area contributed by atoms with Gasteiger partial charge in [0, 0.05) is 18.6 Å². The Balaban J connectivity index is 1.34. The smallest absolute Gasteiger partial charge is 0.410 e. The van der Waals surface area contributed by atoms with Gasteiger partial charge in [-0.2, -0.15) is 0 Å². The summed E-state index contributed by atoms with van der Waals surface area (Å²) in [5.74, 6) is 1.47. The van der Waals surface area contributed by atoms with E-state index in [1.807, 2.05) is 17.0 Å². The third-order valence-electron chi connectivity index (χ3n) is 7.45. The number of ether oxygens (including phenoxy) is 3. The molecule has 1 aliphatic heterocycles. The van der Waals surface area contributed by atoms with Gasteiger partial charge < -0.3 is 19.5 Å². The molecule has 2 fully saturated rings. The van der Waals surface area contributed by atoms with E-state index in [0.29, 0.717) is 12.5 Å². The molecule has 4 rings (SSSR count). The number of nitrogens with zero attached hydrogens (tertiary/aromatic N) is 1. The molecule has 0 aromatic heterocycles. The molecule has 34 heavy (non-hydrogen) atoms. The van der Waals surface area contributed by atoms with Crippen LogP contribution in [0.25, 0.3) is 0 Å². The lowest BCUT2D eigenvalue weighted by Gasteiger charge is -2.33. The third kappa shape index (κ3) is 5.91. The average Bonchev–Trinajstić information content (AvgIpc) is 3.21. The van der Waals surface area contributed by atoms with Crippen LogP contribution in [0.5, 0.6) is 5.75 Å². The summed E-state index contributed by atoms with van der Waals surface area (Å²) in [5, 5.41) is 3.67. The normalized spacial score (nSPS) is 26.9. The van der Waals surface area contributed by atoms with Crippen molar-refractivity contribution in [1.29, 1.82) is 0 Å².